The Bertz CT molecular complexity index is 734. The van der Waals surface area contributed by atoms with E-state index in [1.807, 2.05) is 0 Å². The second-order valence-electron chi connectivity index (χ2n) is 5.25. The fourth-order valence-electron chi connectivity index (χ4n) is 2.87. The molecule has 1 aromatic carbocycles. The van der Waals surface area contributed by atoms with Gasteiger partial charge in [0.15, 0.2) is 0 Å². The highest BCUT2D eigenvalue weighted by atomic mass is 35.5. The minimum Gasteiger partial charge on any atom is -0.481 e. The quantitative estimate of drug-likeness (QED) is 0.491. The Morgan fingerprint density at radius 2 is 1.91 bits per heavy atom. The van der Waals surface area contributed by atoms with Crippen LogP contribution in [0.3, 0.4) is 0 Å². The number of halogens is 1. The number of hydrogen-bond acceptors (Lipinski definition) is 5. The van der Waals surface area contributed by atoms with E-state index in [1.54, 1.807) is 12.2 Å². The molecule has 1 fully saturated rings. The van der Waals surface area contributed by atoms with Crippen LogP contribution in [0, 0.1) is 22.0 Å². The van der Waals surface area contributed by atoms with E-state index < -0.39 is 40.8 Å². The molecule has 2 N–H and O–H groups in total. The molecule has 1 aromatic rings. The number of carboxylic acid groups (broad SMARTS) is 1. The van der Waals surface area contributed by atoms with Crippen LogP contribution in [0.4, 0.5) is 11.4 Å². The van der Waals surface area contributed by atoms with Gasteiger partial charge in [-0.25, -0.2) is 0 Å². The number of hydrogen-bond donors (Lipinski definition) is 2. The fraction of sp³-hybridized carbons (Fsp3) is 0.286. The van der Waals surface area contributed by atoms with Crippen LogP contribution in [-0.2, 0) is 14.3 Å². The van der Waals surface area contributed by atoms with Crippen LogP contribution >= 0.6 is 11.6 Å². The van der Waals surface area contributed by atoms with Crippen LogP contribution in [0.15, 0.2) is 30.4 Å². The zero-order valence-electron chi connectivity index (χ0n) is 11.5. The number of carbonyl (C=O) groups excluding carboxylic acids is 1. The number of nitro benzene ring substituents is 1. The van der Waals surface area contributed by atoms with E-state index in [4.69, 9.17) is 16.3 Å². The van der Waals surface area contributed by atoms with Crippen molar-refractivity contribution in [2.45, 2.75) is 12.2 Å². The third kappa shape index (κ3) is 2.66. The lowest BCUT2D eigenvalue weighted by molar-refractivity contribution is -0.384. The summed E-state index contributed by atoms with van der Waals surface area (Å²) < 4.78 is 5.42. The van der Waals surface area contributed by atoms with Gasteiger partial charge in [-0.15, -0.1) is 0 Å². The lowest BCUT2D eigenvalue weighted by atomic mass is 9.82. The molecule has 1 saturated heterocycles. The van der Waals surface area contributed by atoms with Gasteiger partial charge in [0.1, 0.15) is 10.9 Å². The van der Waals surface area contributed by atoms with Crippen molar-refractivity contribution in [3.05, 3.63) is 45.5 Å². The van der Waals surface area contributed by atoms with Crippen LogP contribution in [-0.4, -0.2) is 34.1 Å². The third-order valence-corrected chi connectivity index (χ3v) is 4.22. The first-order valence-corrected chi connectivity index (χ1v) is 7.07. The van der Waals surface area contributed by atoms with Gasteiger partial charge in [0.2, 0.25) is 5.91 Å². The smallest absolute Gasteiger partial charge is 0.310 e. The van der Waals surface area contributed by atoms with Crippen molar-refractivity contribution in [3.63, 3.8) is 0 Å². The number of fused-ring (bicyclic) bond motifs is 2. The Hall–Kier alpha value is -2.45. The van der Waals surface area contributed by atoms with Crippen LogP contribution < -0.4 is 5.32 Å². The fourth-order valence-corrected chi connectivity index (χ4v) is 3.06. The monoisotopic (exact) mass is 338 g/mol. The summed E-state index contributed by atoms with van der Waals surface area (Å²) >= 11 is 5.71. The Morgan fingerprint density at radius 3 is 2.52 bits per heavy atom. The molecule has 1 amide bonds. The maximum atomic E-state index is 12.4. The topological polar surface area (TPSA) is 119 Å². The molecule has 0 aliphatic carbocycles. The molecule has 2 aliphatic heterocycles. The second-order valence-corrected chi connectivity index (χ2v) is 5.66. The average molecular weight is 339 g/mol. The van der Waals surface area contributed by atoms with Crippen molar-refractivity contribution in [1.29, 1.82) is 0 Å². The number of benzene rings is 1. The van der Waals surface area contributed by atoms with E-state index in [0.717, 1.165) is 6.07 Å². The number of amides is 1. The number of nitrogens with zero attached hydrogens (tertiary/aromatic N) is 1. The Labute approximate surface area is 134 Å². The van der Waals surface area contributed by atoms with Gasteiger partial charge >= 0.3 is 5.97 Å². The molecule has 2 bridgehead atoms. The van der Waals surface area contributed by atoms with Crippen LogP contribution in [0.25, 0.3) is 0 Å². The molecule has 0 spiro atoms. The van der Waals surface area contributed by atoms with E-state index >= 15 is 0 Å². The Morgan fingerprint density at radius 1 is 1.26 bits per heavy atom. The first-order chi connectivity index (χ1) is 10.9. The highest BCUT2D eigenvalue weighted by molar-refractivity contribution is 6.32. The van der Waals surface area contributed by atoms with E-state index in [9.17, 15) is 24.8 Å². The van der Waals surface area contributed by atoms with Crippen LogP contribution in [0.1, 0.15) is 0 Å². The minimum absolute atomic E-state index is 0.0531. The van der Waals surface area contributed by atoms with Gasteiger partial charge in [-0.2, -0.15) is 0 Å². The second kappa shape index (κ2) is 5.64. The van der Waals surface area contributed by atoms with Crippen molar-refractivity contribution in [3.8, 4) is 0 Å². The van der Waals surface area contributed by atoms with Gasteiger partial charge in [0.25, 0.3) is 5.69 Å². The number of carbonyl (C=O) groups is 2. The van der Waals surface area contributed by atoms with Crippen molar-refractivity contribution in [1.82, 2.24) is 0 Å². The van der Waals surface area contributed by atoms with E-state index in [1.165, 1.54) is 12.1 Å². The van der Waals surface area contributed by atoms with Crippen LogP contribution in [0.5, 0.6) is 0 Å². The number of nitrogens with one attached hydrogen (secondary N) is 1. The summed E-state index contributed by atoms with van der Waals surface area (Å²) in [6.45, 7) is 0. The molecule has 0 saturated carbocycles. The molecule has 3 rings (SSSR count). The third-order valence-electron chi connectivity index (χ3n) is 3.90. The first-order valence-electron chi connectivity index (χ1n) is 6.70. The number of nitro groups is 1. The summed E-state index contributed by atoms with van der Waals surface area (Å²) in [6.07, 6.45) is 2.04. The summed E-state index contributed by atoms with van der Waals surface area (Å²) in [5, 5.41) is 22.6. The largest absolute Gasteiger partial charge is 0.481 e. The standard InChI is InChI=1S/C14H11ClN2O6/c15-7-2-1-6(5-8(7)17(21)22)16-13(18)11-9-3-4-10(23-9)12(11)14(19)20/h1-5,9-12H,(H,16,18)(H,19,20)/t9-,10-,11+,12-/m1/s1. The van der Waals surface area contributed by atoms with E-state index in [-0.39, 0.29) is 16.4 Å². The molecule has 0 radical (unpaired) electrons. The number of aliphatic carboxylic acids is 1. The summed E-state index contributed by atoms with van der Waals surface area (Å²) in [7, 11) is 0. The SMILES string of the molecule is O=C(Nc1ccc(Cl)c([N+](=O)[O-])c1)[C@@H]1[C@H](C(=O)O)[C@H]2C=C[C@H]1O2. The van der Waals surface area contributed by atoms with Gasteiger partial charge in [0.05, 0.1) is 23.0 Å². The van der Waals surface area contributed by atoms with Crippen LogP contribution in [0.2, 0.25) is 5.02 Å². The molecular weight excluding hydrogens is 328 g/mol. The molecule has 0 aromatic heterocycles. The number of ether oxygens (including phenoxy) is 1. The highest BCUT2D eigenvalue weighted by Crippen LogP contribution is 2.40. The highest BCUT2D eigenvalue weighted by Gasteiger charge is 2.53. The summed E-state index contributed by atoms with van der Waals surface area (Å²) in [6, 6.07) is 3.83. The first kappa shape index (κ1) is 15.4. The van der Waals surface area contributed by atoms with Gasteiger partial charge < -0.3 is 15.2 Å². The maximum absolute atomic E-state index is 12.4. The summed E-state index contributed by atoms with van der Waals surface area (Å²) in [4.78, 5) is 33.9. The predicted octanol–water partition coefficient (Wildman–Crippen LogP) is 1.84. The number of carboxylic acids is 1. The molecule has 2 heterocycles. The predicted molar refractivity (Wildman–Crippen MR) is 79.2 cm³/mol. The number of rotatable bonds is 4. The molecular formula is C14H11ClN2O6. The average Bonchev–Trinajstić information content (AvgIpc) is 3.09. The molecule has 23 heavy (non-hydrogen) atoms. The Balaban J connectivity index is 1.82. The van der Waals surface area contributed by atoms with Gasteiger partial charge in [0, 0.05) is 11.8 Å². The molecule has 4 atom stereocenters. The zero-order chi connectivity index (χ0) is 16.7. The minimum atomic E-state index is -1.12. The molecule has 9 heteroatoms. The van der Waals surface area contributed by atoms with E-state index in [0.29, 0.717) is 0 Å². The van der Waals surface area contributed by atoms with Crippen molar-refractivity contribution < 1.29 is 24.4 Å². The van der Waals surface area contributed by atoms with Gasteiger partial charge in [-0.3, -0.25) is 19.7 Å². The maximum Gasteiger partial charge on any atom is 0.310 e. The summed E-state index contributed by atoms with van der Waals surface area (Å²) in [5.41, 5.74) is -0.176. The normalized spacial score (nSPS) is 27.9. The number of anilines is 1. The zero-order valence-corrected chi connectivity index (χ0v) is 12.3. The lowest BCUT2D eigenvalue weighted by Gasteiger charge is -2.20. The van der Waals surface area contributed by atoms with E-state index in [2.05, 4.69) is 5.32 Å². The molecule has 2 aliphatic rings. The lowest BCUT2D eigenvalue weighted by Crippen LogP contribution is -2.39. The van der Waals surface area contributed by atoms with Crippen molar-refractivity contribution >= 4 is 34.9 Å². The van der Waals surface area contributed by atoms with Gasteiger partial charge in [-0.1, -0.05) is 23.8 Å². The molecule has 120 valence electrons. The van der Waals surface area contributed by atoms with Crippen molar-refractivity contribution in [2.75, 3.05) is 5.32 Å². The van der Waals surface area contributed by atoms with Crippen molar-refractivity contribution in [2.24, 2.45) is 11.8 Å². The molecule has 8 nitrogen and oxygen atoms in total. The molecule has 0 unspecified atom stereocenters. The summed E-state index contributed by atoms with van der Waals surface area (Å²) in [5.74, 6) is -3.56. The Kier molecular flexibility index (Phi) is 3.78. The van der Waals surface area contributed by atoms with Gasteiger partial charge in [-0.05, 0) is 12.1 Å².